The van der Waals surface area contributed by atoms with Crippen molar-refractivity contribution >= 4 is 11.6 Å². The lowest BCUT2D eigenvalue weighted by Gasteiger charge is -2.26. The molecule has 0 radical (unpaired) electrons. The van der Waals surface area contributed by atoms with Gasteiger partial charge in [0.25, 0.3) is 0 Å². The Labute approximate surface area is 125 Å². The topological polar surface area (TPSA) is 47.5 Å². The first kappa shape index (κ1) is 15.5. The maximum atomic E-state index is 5.96. The highest BCUT2D eigenvalue weighted by Gasteiger charge is 2.10. The highest BCUT2D eigenvalue weighted by atomic mass is 35.5. The zero-order valence-electron chi connectivity index (χ0n) is 12.0. The van der Waals surface area contributed by atoms with Gasteiger partial charge in [-0.05, 0) is 32.9 Å². The van der Waals surface area contributed by atoms with E-state index in [1.807, 2.05) is 6.92 Å². The summed E-state index contributed by atoms with van der Waals surface area (Å²) < 4.78 is 11.0. The molecule has 5 nitrogen and oxygen atoms in total. The van der Waals surface area contributed by atoms with Gasteiger partial charge in [-0.3, -0.25) is 4.90 Å². The van der Waals surface area contributed by atoms with E-state index in [-0.39, 0.29) is 0 Å². The van der Waals surface area contributed by atoms with Crippen LogP contribution in [-0.4, -0.2) is 47.7 Å². The molecule has 0 N–H and O–H groups in total. The van der Waals surface area contributed by atoms with Crippen molar-refractivity contribution in [2.24, 2.45) is 0 Å². The first-order valence-corrected chi connectivity index (χ1v) is 7.62. The van der Waals surface area contributed by atoms with Crippen LogP contribution in [0.5, 0.6) is 5.88 Å². The van der Waals surface area contributed by atoms with Crippen LogP contribution in [-0.2, 0) is 11.3 Å². The van der Waals surface area contributed by atoms with Crippen molar-refractivity contribution in [3.63, 3.8) is 0 Å². The van der Waals surface area contributed by atoms with Crippen LogP contribution in [0.25, 0.3) is 0 Å². The third-order valence-corrected chi connectivity index (χ3v) is 3.45. The molecular formula is C14H22ClN3O2. The molecule has 0 saturated carbocycles. The van der Waals surface area contributed by atoms with E-state index in [9.17, 15) is 0 Å². The minimum absolute atomic E-state index is 0.361. The summed E-state index contributed by atoms with van der Waals surface area (Å²) in [5, 5.41) is 0.391. The molecule has 2 heterocycles. The number of aromatic nitrogens is 2. The fourth-order valence-electron chi connectivity index (χ4n) is 2.24. The Bertz CT molecular complexity index is 411. The number of rotatable bonds is 7. The van der Waals surface area contributed by atoms with Crippen LogP contribution in [0.1, 0.15) is 32.0 Å². The highest BCUT2D eigenvalue weighted by molar-refractivity contribution is 6.29. The number of piperidine rings is 1. The second kappa shape index (κ2) is 8.39. The first-order valence-electron chi connectivity index (χ1n) is 7.24. The lowest BCUT2D eigenvalue weighted by atomic mass is 10.1. The molecule has 2 rings (SSSR count). The van der Waals surface area contributed by atoms with Gasteiger partial charge < -0.3 is 9.47 Å². The summed E-state index contributed by atoms with van der Waals surface area (Å²) in [6.45, 7) is 6.82. The minimum Gasteiger partial charge on any atom is -0.476 e. The van der Waals surface area contributed by atoms with Crippen molar-refractivity contribution in [1.29, 1.82) is 0 Å². The van der Waals surface area contributed by atoms with Crippen LogP contribution in [0.2, 0.25) is 5.15 Å². The second-order valence-corrected chi connectivity index (χ2v) is 5.22. The molecule has 6 heteroatoms. The Hall–Kier alpha value is -0.910. The van der Waals surface area contributed by atoms with E-state index in [4.69, 9.17) is 21.1 Å². The molecule has 1 aliphatic heterocycles. The zero-order valence-corrected chi connectivity index (χ0v) is 12.7. The summed E-state index contributed by atoms with van der Waals surface area (Å²) in [5.41, 5.74) is 0. The highest BCUT2D eigenvalue weighted by Crippen LogP contribution is 2.15. The van der Waals surface area contributed by atoms with Gasteiger partial charge in [-0.1, -0.05) is 18.0 Å². The van der Waals surface area contributed by atoms with E-state index in [2.05, 4.69) is 14.9 Å². The maximum Gasteiger partial charge on any atom is 0.218 e. The molecule has 0 aromatic carbocycles. The normalized spacial score (nSPS) is 16.3. The lowest BCUT2D eigenvalue weighted by Crippen LogP contribution is -2.33. The smallest absolute Gasteiger partial charge is 0.218 e. The van der Waals surface area contributed by atoms with Gasteiger partial charge >= 0.3 is 0 Å². The van der Waals surface area contributed by atoms with Gasteiger partial charge in [0.15, 0.2) is 5.82 Å². The number of hydrogen-bond donors (Lipinski definition) is 0. The largest absolute Gasteiger partial charge is 0.476 e. The van der Waals surface area contributed by atoms with Gasteiger partial charge in [0.05, 0.1) is 0 Å². The fraction of sp³-hybridized carbons (Fsp3) is 0.714. The first-order chi connectivity index (χ1) is 9.78. The third kappa shape index (κ3) is 5.23. The number of hydrogen-bond acceptors (Lipinski definition) is 5. The van der Waals surface area contributed by atoms with E-state index in [0.717, 1.165) is 6.54 Å². The summed E-state index contributed by atoms with van der Waals surface area (Å²) in [5.74, 6) is 1.09. The number of ether oxygens (including phenoxy) is 2. The predicted molar refractivity (Wildman–Crippen MR) is 78.2 cm³/mol. The monoisotopic (exact) mass is 299 g/mol. The molecule has 1 fully saturated rings. The molecule has 1 aromatic rings. The van der Waals surface area contributed by atoms with Crippen molar-refractivity contribution in [2.75, 3.05) is 32.8 Å². The Kier molecular flexibility index (Phi) is 6.50. The van der Waals surface area contributed by atoms with E-state index in [1.165, 1.54) is 32.4 Å². The molecule has 0 bridgehead atoms. The zero-order chi connectivity index (χ0) is 14.2. The van der Waals surface area contributed by atoms with Crippen LogP contribution >= 0.6 is 11.6 Å². The van der Waals surface area contributed by atoms with Crippen LogP contribution in [0.3, 0.4) is 0 Å². The van der Waals surface area contributed by atoms with Gasteiger partial charge in [0, 0.05) is 19.2 Å². The second-order valence-electron chi connectivity index (χ2n) is 4.83. The molecule has 0 aliphatic carbocycles. The summed E-state index contributed by atoms with van der Waals surface area (Å²) >= 11 is 5.96. The molecule has 0 unspecified atom stereocenters. The molecule has 0 atom stereocenters. The van der Waals surface area contributed by atoms with Gasteiger partial charge in [-0.15, -0.1) is 0 Å². The third-order valence-electron chi connectivity index (χ3n) is 3.26. The van der Waals surface area contributed by atoms with Gasteiger partial charge in [0.1, 0.15) is 18.4 Å². The Morgan fingerprint density at radius 3 is 2.80 bits per heavy atom. The summed E-state index contributed by atoms with van der Waals surface area (Å²) in [4.78, 5) is 10.8. The van der Waals surface area contributed by atoms with E-state index >= 15 is 0 Å². The quantitative estimate of drug-likeness (QED) is 0.724. The van der Waals surface area contributed by atoms with Crippen molar-refractivity contribution < 1.29 is 9.47 Å². The number of halogens is 1. The molecule has 112 valence electrons. The van der Waals surface area contributed by atoms with Crippen LogP contribution < -0.4 is 4.74 Å². The van der Waals surface area contributed by atoms with Crippen molar-refractivity contribution in [3.05, 3.63) is 17.0 Å². The summed E-state index contributed by atoms with van der Waals surface area (Å²) in [7, 11) is 0. The SMILES string of the molecule is CCOCc1nc(Cl)cc(OCCN2CCCCC2)n1. The predicted octanol–water partition coefficient (Wildman–Crippen LogP) is 2.53. The summed E-state index contributed by atoms with van der Waals surface area (Å²) in [6.07, 6.45) is 3.93. The average Bonchev–Trinajstić information content (AvgIpc) is 2.46. The molecule has 20 heavy (non-hydrogen) atoms. The van der Waals surface area contributed by atoms with Crippen molar-refractivity contribution in [2.45, 2.75) is 32.8 Å². The Morgan fingerprint density at radius 1 is 1.25 bits per heavy atom. The van der Waals surface area contributed by atoms with Crippen LogP contribution in [0.4, 0.5) is 0 Å². The van der Waals surface area contributed by atoms with E-state index < -0.39 is 0 Å². The summed E-state index contributed by atoms with van der Waals surface area (Å²) in [6, 6.07) is 1.65. The van der Waals surface area contributed by atoms with Gasteiger partial charge in [-0.25, -0.2) is 4.98 Å². The average molecular weight is 300 g/mol. The van der Waals surface area contributed by atoms with Gasteiger partial charge in [0.2, 0.25) is 5.88 Å². The van der Waals surface area contributed by atoms with E-state index in [1.54, 1.807) is 6.07 Å². The van der Waals surface area contributed by atoms with Crippen molar-refractivity contribution in [1.82, 2.24) is 14.9 Å². The van der Waals surface area contributed by atoms with Crippen LogP contribution in [0, 0.1) is 0 Å². The number of nitrogens with zero attached hydrogens (tertiary/aromatic N) is 3. The molecule has 1 aromatic heterocycles. The molecule has 1 saturated heterocycles. The van der Waals surface area contributed by atoms with Crippen LogP contribution in [0.15, 0.2) is 6.07 Å². The minimum atomic E-state index is 0.361. The maximum absolute atomic E-state index is 5.96. The van der Waals surface area contributed by atoms with Gasteiger partial charge in [-0.2, -0.15) is 4.98 Å². The number of likely N-dealkylation sites (tertiary alicyclic amines) is 1. The van der Waals surface area contributed by atoms with Crippen molar-refractivity contribution in [3.8, 4) is 5.88 Å². The Morgan fingerprint density at radius 2 is 2.05 bits per heavy atom. The molecule has 0 spiro atoms. The molecule has 1 aliphatic rings. The van der Waals surface area contributed by atoms with E-state index in [0.29, 0.717) is 36.7 Å². The Balaban J connectivity index is 1.80. The standard InChI is InChI=1S/C14H22ClN3O2/c1-2-19-11-13-16-12(15)10-14(17-13)20-9-8-18-6-4-3-5-7-18/h10H,2-9,11H2,1H3. The fourth-order valence-corrected chi connectivity index (χ4v) is 2.43. The molecule has 0 amide bonds. The lowest BCUT2D eigenvalue weighted by molar-refractivity contribution is 0.127. The molecular weight excluding hydrogens is 278 g/mol.